The van der Waals surface area contributed by atoms with Crippen LogP contribution in [0.5, 0.6) is 5.75 Å². The number of halogens is 5. The molecule has 1 saturated heterocycles. The van der Waals surface area contributed by atoms with Crippen molar-refractivity contribution < 1.29 is 41.4 Å². The average Bonchev–Trinajstić information content (AvgIpc) is 3.02. The number of pyridine rings is 2. The molecular weight excluding hydrogens is 451 g/mol. The SMILES string of the molecule is COc1c([C@H]2[C@H](c3cc(=O)c4c(ccc[n+]4O)[nH]3)O[C@@](C)(C(F)(F)F)[C@H]2C)ccc(F)c1F. The van der Waals surface area contributed by atoms with Crippen LogP contribution in [0.2, 0.25) is 0 Å². The van der Waals surface area contributed by atoms with Gasteiger partial charge in [-0.1, -0.05) is 13.0 Å². The lowest BCUT2D eigenvalue weighted by Crippen LogP contribution is -2.46. The van der Waals surface area contributed by atoms with Crippen LogP contribution in [0.25, 0.3) is 11.0 Å². The summed E-state index contributed by atoms with van der Waals surface area (Å²) in [4.78, 5) is 15.5. The van der Waals surface area contributed by atoms with Crippen molar-refractivity contribution in [3.05, 3.63) is 69.6 Å². The third kappa shape index (κ3) is 3.41. The first kappa shape index (κ1) is 23.0. The van der Waals surface area contributed by atoms with E-state index in [-0.39, 0.29) is 22.3 Å². The maximum absolute atomic E-state index is 14.5. The predicted molar refractivity (Wildman–Crippen MR) is 105 cm³/mol. The summed E-state index contributed by atoms with van der Waals surface area (Å²) in [5.41, 5.74) is -3.36. The van der Waals surface area contributed by atoms with Crippen molar-refractivity contribution in [2.75, 3.05) is 7.11 Å². The predicted octanol–water partition coefficient (Wildman–Crippen LogP) is 4.15. The second-order valence-electron chi connectivity index (χ2n) is 8.15. The zero-order chi connectivity index (χ0) is 24.3. The van der Waals surface area contributed by atoms with Gasteiger partial charge in [0.25, 0.3) is 5.43 Å². The van der Waals surface area contributed by atoms with Crippen molar-refractivity contribution in [1.29, 1.82) is 0 Å². The molecule has 4 atom stereocenters. The van der Waals surface area contributed by atoms with Crippen molar-refractivity contribution in [3.63, 3.8) is 0 Å². The van der Waals surface area contributed by atoms with Gasteiger partial charge < -0.3 is 14.5 Å². The van der Waals surface area contributed by atoms with Crippen molar-refractivity contribution in [1.82, 2.24) is 4.98 Å². The van der Waals surface area contributed by atoms with Crippen LogP contribution >= 0.6 is 0 Å². The van der Waals surface area contributed by atoms with Gasteiger partial charge in [-0.15, -0.1) is 0 Å². The van der Waals surface area contributed by atoms with E-state index in [1.165, 1.54) is 25.3 Å². The topological polar surface area (TPSA) is 75.4 Å². The Labute approximate surface area is 184 Å². The minimum absolute atomic E-state index is 0.0182. The third-order valence-electron chi connectivity index (χ3n) is 6.39. The van der Waals surface area contributed by atoms with E-state index >= 15 is 0 Å². The molecule has 11 heteroatoms. The fourth-order valence-electron chi connectivity index (χ4n) is 4.48. The molecule has 2 aromatic heterocycles. The fourth-order valence-corrected chi connectivity index (χ4v) is 4.48. The van der Waals surface area contributed by atoms with Crippen molar-refractivity contribution in [2.45, 2.75) is 37.6 Å². The number of methoxy groups -OCH3 is 1. The zero-order valence-corrected chi connectivity index (χ0v) is 17.7. The summed E-state index contributed by atoms with van der Waals surface area (Å²) in [6.07, 6.45) is -4.98. The molecule has 0 amide bonds. The van der Waals surface area contributed by atoms with Gasteiger partial charge in [0.15, 0.2) is 17.2 Å². The molecule has 0 aliphatic carbocycles. The minimum Gasteiger partial charge on any atom is -0.493 e. The summed E-state index contributed by atoms with van der Waals surface area (Å²) in [7, 11) is 1.08. The summed E-state index contributed by atoms with van der Waals surface area (Å²) in [6, 6.07) is 5.86. The standard InChI is InChI=1S/C22H19F5N2O4/c1-10-16(11-6-7-12(23)17(24)19(11)32-3)20(33-21(10,2)22(25,26)27)14-9-15(30)18-13(28-14)5-4-8-29(18)31/h4-10,16,20H,1-3H3,(H-,28,30,31)/p+1/t10-,16-,20-,21+/m0/s1. The Morgan fingerprint density at radius 1 is 1.24 bits per heavy atom. The maximum Gasteiger partial charge on any atom is 0.417 e. The van der Waals surface area contributed by atoms with Crippen LogP contribution in [0.15, 0.2) is 41.3 Å². The monoisotopic (exact) mass is 471 g/mol. The van der Waals surface area contributed by atoms with E-state index in [0.29, 0.717) is 4.73 Å². The Morgan fingerprint density at radius 3 is 2.58 bits per heavy atom. The van der Waals surface area contributed by atoms with Crippen LogP contribution < -0.4 is 14.9 Å². The number of fused-ring (bicyclic) bond motifs is 1. The molecule has 33 heavy (non-hydrogen) atoms. The number of H-pyrrole nitrogens is 1. The number of nitrogens with one attached hydrogen (secondary N) is 1. The molecule has 0 bridgehead atoms. The largest absolute Gasteiger partial charge is 0.493 e. The number of aromatic nitrogens is 2. The smallest absolute Gasteiger partial charge is 0.417 e. The van der Waals surface area contributed by atoms with Gasteiger partial charge in [-0.05, 0) is 19.1 Å². The number of aromatic amines is 1. The summed E-state index contributed by atoms with van der Waals surface area (Å²) in [5.74, 6) is -5.54. The molecule has 3 aromatic rings. The van der Waals surface area contributed by atoms with Gasteiger partial charge >= 0.3 is 11.7 Å². The van der Waals surface area contributed by atoms with Crippen LogP contribution in [-0.2, 0) is 4.74 Å². The highest BCUT2D eigenvalue weighted by molar-refractivity contribution is 5.70. The molecule has 1 fully saturated rings. The fraction of sp³-hybridized carbons (Fsp3) is 0.364. The van der Waals surface area contributed by atoms with Crippen LogP contribution in [0.3, 0.4) is 0 Å². The van der Waals surface area contributed by atoms with Gasteiger partial charge in [-0.3, -0.25) is 10.0 Å². The first-order chi connectivity index (χ1) is 15.4. The second-order valence-corrected chi connectivity index (χ2v) is 8.15. The lowest BCUT2D eigenvalue weighted by Gasteiger charge is -2.32. The Bertz CT molecular complexity index is 1290. The van der Waals surface area contributed by atoms with Crippen molar-refractivity contribution in [3.8, 4) is 5.75 Å². The molecule has 176 valence electrons. The third-order valence-corrected chi connectivity index (χ3v) is 6.39. The highest BCUT2D eigenvalue weighted by atomic mass is 19.4. The number of ether oxygens (including phenoxy) is 2. The molecule has 3 heterocycles. The van der Waals surface area contributed by atoms with Crippen LogP contribution in [-0.4, -0.2) is 29.1 Å². The quantitative estimate of drug-likeness (QED) is 0.342. The van der Waals surface area contributed by atoms with Crippen LogP contribution in [0.4, 0.5) is 22.0 Å². The van der Waals surface area contributed by atoms with E-state index in [9.17, 15) is 32.0 Å². The number of alkyl halides is 3. The highest BCUT2D eigenvalue weighted by Gasteiger charge is 2.65. The number of rotatable bonds is 3. The number of nitrogens with zero attached hydrogens (tertiary/aromatic N) is 1. The Morgan fingerprint density at radius 2 is 1.94 bits per heavy atom. The number of hydrogen-bond acceptors (Lipinski definition) is 4. The van der Waals surface area contributed by atoms with Gasteiger partial charge in [0.2, 0.25) is 12.0 Å². The Balaban J connectivity index is 1.97. The van der Waals surface area contributed by atoms with E-state index in [4.69, 9.17) is 9.47 Å². The Hall–Kier alpha value is -3.21. The van der Waals surface area contributed by atoms with Crippen molar-refractivity contribution >= 4 is 11.0 Å². The molecule has 0 unspecified atom stereocenters. The Kier molecular flexibility index (Phi) is 5.35. The first-order valence-electron chi connectivity index (χ1n) is 9.94. The van der Waals surface area contributed by atoms with Crippen LogP contribution in [0.1, 0.15) is 37.1 Å². The van der Waals surface area contributed by atoms with Crippen LogP contribution in [0, 0.1) is 17.6 Å². The molecule has 2 N–H and O–H groups in total. The molecule has 1 aliphatic heterocycles. The van der Waals surface area contributed by atoms with E-state index in [0.717, 1.165) is 32.2 Å². The van der Waals surface area contributed by atoms with Crippen molar-refractivity contribution in [2.24, 2.45) is 5.92 Å². The average molecular weight is 471 g/mol. The van der Waals surface area contributed by atoms with E-state index in [1.807, 2.05) is 0 Å². The van der Waals surface area contributed by atoms with Gasteiger partial charge in [-0.25, -0.2) is 4.39 Å². The molecule has 1 aliphatic rings. The summed E-state index contributed by atoms with van der Waals surface area (Å²) in [6.45, 7) is 2.16. The molecular formula is C22H20F5N2O4+. The van der Waals surface area contributed by atoms with E-state index in [2.05, 4.69) is 4.98 Å². The van der Waals surface area contributed by atoms with Gasteiger partial charge in [0, 0.05) is 40.0 Å². The lowest BCUT2D eigenvalue weighted by atomic mass is 9.76. The molecule has 6 nitrogen and oxygen atoms in total. The minimum atomic E-state index is -4.81. The van der Waals surface area contributed by atoms with Gasteiger partial charge in [-0.2, -0.15) is 17.6 Å². The number of hydrogen-bond donors (Lipinski definition) is 2. The lowest BCUT2D eigenvalue weighted by molar-refractivity contribution is -0.885. The molecule has 1 aromatic carbocycles. The number of benzene rings is 1. The van der Waals surface area contributed by atoms with E-state index in [1.54, 1.807) is 0 Å². The van der Waals surface area contributed by atoms with Gasteiger partial charge in [0.1, 0.15) is 11.6 Å². The summed E-state index contributed by atoms with van der Waals surface area (Å²) < 4.78 is 81.7. The zero-order valence-electron chi connectivity index (χ0n) is 17.7. The van der Waals surface area contributed by atoms with E-state index < -0.39 is 52.5 Å². The summed E-state index contributed by atoms with van der Waals surface area (Å²) in [5, 5.41) is 9.92. The maximum atomic E-state index is 14.5. The molecule has 0 radical (unpaired) electrons. The molecule has 0 spiro atoms. The second kappa shape index (κ2) is 7.68. The highest BCUT2D eigenvalue weighted by Crippen LogP contribution is 2.59. The molecule has 0 saturated carbocycles. The molecule has 4 rings (SSSR count). The first-order valence-corrected chi connectivity index (χ1v) is 9.94. The normalized spacial score (nSPS) is 25.5. The summed E-state index contributed by atoms with van der Waals surface area (Å²) >= 11 is 0. The van der Waals surface area contributed by atoms with Gasteiger partial charge in [0.05, 0.1) is 7.11 Å².